The van der Waals surface area contributed by atoms with Gasteiger partial charge in [-0.3, -0.25) is 0 Å². The van der Waals surface area contributed by atoms with E-state index < -0.39 is 5.97 Å². The van der Waals surface area contributed by atoms with Crippen LogP contribution in [0.2, 0.25) is 0 Å². The van der Waals surface area contributed by atoms with Crippen molar-refractivity contribution in [1.29, 1.82) is 0 Å². The molecule has 1 heterocycles. The van der Waals surface area contributed by atoms with E-state index >= 15 is 0 Å². The number of rotatable bonds is 7. The first-order chi connectivity index (χ1) is 16.3. The molecular formula is C26H20Br2INO4. The van der Waals surface area contributed by atoms with Crippen molar-refractivity contribution in [3.8, 4) is 11.5 Å². The summed E-state index contributed by atoms with van der Waals surface area (Å²) in [7, 11) is 0. The topological polar surface area (TPSA) is 57.1 Å². The Labute approximate surface area is 228 Å². The lowest BCUT2D eigenvalue weighted by molar-refractivity contribution is -0.129. The van der Waals surface area contributed by atoms with Gasteiger partial charge < -0.3 is 14.2 Å². The normalized spacial score (nSPS) is 14.2. The summed E-state index contributed by atoms with van der Waals surface area (Å²) >= 11 is 9.33. The van der Waals surface area contributed by atoms with Crippen LogP contribution in [0, 0.1) is 10.5 Å². The third kappa shape index (κ3) is 5.90. The number of nitrogens with zero attached hydrogens (tertiary/aromatic N) is 1. The number of hydrogen-bond donors (Lipinski definition) is 0. The third-order valence-electron chi connectivity index (χ3n) is 4.93. The number of ether oxygens (including phenoxy) is 3. The molecule has 4 rings (SSSR count). The monoisotopic (exact) mass is 695 g/mol. The van der Waals surface area contributed by atoms with E-state index in [2.05, 4.69) is 59.4 Å². The van der Waals surface area contributed by atoms with E-state index in [1.54, 1.807) is 6.08 Å². The molecule has 0 aromatic heterocycles. The summed E-state index contributed by atoms with van der Waals surface area (Å²) in [6.07, 6.45) is 1.68. The molecular weight excluding hydrogens is 677 g/mol. The van der Waals surface area contributed by atoms with E-state index in [4.69, 9.17) is 14.2 Å². The molecule has 0 saturated heterocycles. The van der Waals surface area contributed by atoms with Gasteiger partial charge in [-0.15, -0.1) is 0 Å². The molecule has 5 nitrogen and oxygen atoms in total. The van der Waals surface area contributed by atoms with Crippen molar-refractivity contribution < 1.29 is 19.0 Å². The first kappa shape index (κ1) is 24.9. The van der Waals surface area contributed by atoms with Crippen LogP contribution in [0.1, 0.15) is 29.2 Å². The predicted molar refractivity (Wildman–Crippen MR) is 148 cm³/mol. The molecule has 0 N–H and O–H groups in total. The number of benzene rings is 3. The van der Waals surface area contributed by atoms with Crippen molar-refractivity contribution in [3.63, 3.8) is 0 Å². The van der Waals surface area contributed by atoms with Crippen LogP contribution >= 0.6 is 54.5 Å². The maximum atomic E-state index is 12.5. The van der Waals surface area contributed by atoms with E-state index in [1.165, 1.54) is 0 Å². The number of hydrogen-bond acceptors (Lipinski definition) is 5. The van der Waals surface area contributed by atoms with Gasteiger partial charge in [-0.25, -0.2) is 9.79 Å². The second-order valence-corrected chi connectivity index (χ2v) is 10.4. The number of aryl methyl sites for hydroxylation is 1. The number of halogens is 3. The molecule has 34 heavy (non-hydrogen) atoms. The largest absolute Gasteiger partial charge is 0.490 e. The highest BCUT2D eigenvalue weighted by atomic mass is 127. The second kappa shape index (κ2) is 11.0. The average molecular weight is 697 g/mol. The molecule has 0 amide bonds. The van der Waals surface area contributed by atoms with Crippen molar-refractivity contribution in [3.05, 3.63) is 95.1 Å². The van der Waals surface area contributed by atoms with E-state index in [-0.39, 0.29) is 5.70 Å². The van der Waals surface area contributed by atoms with Crippen LogP contribution in [0.15, 0.2) is 74.2 Å². The van der Waals surface area contributed by atoms with Gasteiger partial charge in [-0.05, 0) is 118 Å². The maximum absolute atomic E-state index is 12.5. The van der Waals surface area contributed by atoms with Gasteiger partial charge in [0.05, 0.1) is 11.1 Å². The summed E-state index contributed by atoms with van der Waals surface area (Å²) in [5.41, 5.74) is 3.85. The molecule has 1 aliphatic heterocycles. The fraction of sp³-hybridized carbons (Fsp3) is 0.154. The molecule has 0 aliphatic carbocycles. The molecule has 0 spiro atoms. The van der Waals surface area contributed by atoms with E-state index in [0.29, 0.717) is 35.1 Å². The molecule has 0 bridgehead atoms. The van der Waals surface area contributed by atoms with Crippen molar-refractivity contribution in [2.75, 3.05) is 6.61 Å². The molecule has 3 aromatic rings. The molecule has 0 unspecified atom stereocenters. The summed E-state index contributed by atoms with van der Waals surface area (Å²) in [6, 6.07) is 17.4. The zero-order valence-electron chi connectivity index (χ0n) is 18.4. The van der Waals surface area contributed by atoms with Gasteiger partial charge in [0.2, 0.25) is 5.90 Å². The van der Waals surface area contributed by atoms with Gasteiger partial charge in [0.1, 0.15) is 6.61 Å². The minimum atomic E-state index is -0.490. The van der Waals surface area contributed by atoms with Crippen LogP contribution in [0.3, 0.4) is 0 Å². The fourth-order valence-corrected chi connectivity index (χ4v) is 4.68. The number of carbonyl (C=O) groups is 1. The van der Waals surface area contributed by atoms with E-state index in [0.717, 1.165) is 30.3 Å². The SMILES string of the molecule is CCOc1cc(/C=C2\N=C(c3ccc(I)c(C)c3)OC2=O)cc(Br)c1OCc1cccc(Br)c1. The quantitative estimate of drug-likeness (QED) is 0.146. The van der Waals surface area contributed by atoms with Gasteiger partial charge in [-0.2, -0.15) is 0 Å². The lowest BCUT2D eigenvalue weighted by Gasteiger charge is -2.15. The summed E-state index contributed by atoms with van der Waals surface area (Å²) < 4.78 is 20.2. The highest BCUT2D eigenvalue weighted by molar-refractivity contribution is 14.1. The van der Waals surface area contributed by atoms with Crippen molar-refractivity contribution in [2.45, 2.75) is 20.5 Å². The van der Waals surface area contributed by atoms with Gasteiger partial charge >= 0.3 is 5.97 Å². The van der Waals surface area contributed by atoms with Crippen LogP contribution in [0.4, 0.5) is 0 Å². The Balaban J connectivity index is 1.61. The van der Waals surface area contributed by atoms with E-state index in [9.17, 15) is 4.79 Å². The molecule has 1 aliphatic rings. The first-order valence-corrected chi connectivity index (χ1v) is 13.1. The number of carbonyl (C=O) groups excluding carboxylic acids is 1. The Morgan fingerprint density at radius 2 is 1.91 bits per heavy atom. The molecule has 8 heteroatoms. The first-order valence-electron chi connectivity index (χ1n) is 10.5. The number of esters is 1. The zero-order valence-corrected chi connectivity index (χ0v) is 23.7. The van der Waals surface area contributed by atoms with Crippen molar-refractivity contribution >= 4 is 72.4 Å². The fourth-order valence-electron chi connectivity index (χ4n) is 3.32. The molecule has 0 atom stereocenters. The van der Waals surface area contributed by atoms with E-state index in [1.807, 2.05) is 68.4 Å². The summed E-state index contributed by atoms with van der Waals surface area (Å²) in [6.45, 7) is 4.77. The van der Waals surface area contributed by atoms with Gasteiger partial charge in [0, 0.05) is 13.6 Å². The molecule has 0 fully saturated rings. The minimum absolute atomic E-state index is 0.225. The Kier molecular flexibility index (Phi) is 8.10. The van der Waals surface area contributed by atoms with Crippen LogP contribution in [-0.2, 0) is 16.1 Å². The molecule has 3 aromatic carbocycles. The van der Waals surface area contributed by atoms with Gasteiger partial charge in [0.25, 0.3) is 0 Å². The van der Waals surface area contributed by atoms with Crippen LogP contribution < -0.4 is 9.47 Å². The predicted octanol–water partition coefficient (Wildman–Crippen LogP) is 7.45. The zero-order chi connectivity index (χ0) is 24.2. The van der Waals surface area contributed by atoms with Crippen LogP contribution in [-0.4, -0.2) is 18.5 Å². The highest BCUT2D eigenvalue weighted by Gasteiger charge is 2.25. The summed E-state index contributed by atoms with van der Waals surface area (Å²) in [4.78, 5) is 16.9. The third-order valence-corrected chi connectivity index (χ3v) is 7.23. The highest BCUT2D eigenvalue weighted by Crippen LogP contribution is 2.38. The van der Waals surface area contributed by atoms with Crippen LogP contribution in [0.25, 0.3) is 6.08 Å². The van der Waals surface area contributed by atoms with Gasteiger partial charge in [-0.1, -0.05) is 28.1 Å². The smallest absolute Gasteiger partial charge is 0.363 e. The molecule has 0 radical (unpaired) electrons. The lowest BCUT2D eigenvalue weighted by Crippen LogP contribution is -2.05. The summed E-state index contributed by atoms with van der Waals surface area (Å²) in [5, 5.41) is 0. The Hall–Kier alpha value is -2.17. The average Bonchev–Trinajstić information content (AvgIpc) is 3.15. The number of cyclic esters (lactones) is 1. The maximum Gasteiger partial charge on any atom is 0.363 e. The molecule has 174 valence electrons. The molecule has 0 saturated carbocycles. The van der Waals surface area contributed by atoms with Crippen molar-refractivity contribution in [2.24, 2.45) is 4.99 Å². The Morgan fingerprint density at radius 1 is 1.09 bits per heavy atom. The van der Waals surface area contributed by atoms with Gasteiger partial charge in [0.15, 0.2) is 17.2 Å². The Bertz CT molecular complexity index is 1320. The minimum Gasteiger partial charge on any atom is -0.490 e. The second-order valence-electron chi connectivity index (χ2n) is 7.48. The summed E-state index contributed by atoms with van der Waals surface area (Å²) in [5.74, 6) is 0.975. The Morgan fingerprint density at radius 3 is 2.65 bits per heavy atom. The van der Waals surface area contributed by atoms with Crippen molar-refractivity contribution in [1.82, 2.24) is 0 Å². The lowest BCUT2D eigenvalue weighted by atomic mass is 10.1. The standard InChI is InChI=1S/C26H20Br2INO4/c1-3-32-23-13-17(11-20(28)24(23)33-14-16-5-4-6-19(27)10-16)12-22-26(31)34-25(30-22)18-7-8-21(29)15(2)9-18/h4-13H,3,14H2,1-2H3/b22-12-. The van der Waals surface area contributed by atoms with Crippen LogP contribution in [0.5, 0.6) is 11.5 Å². The number of aliphatic imine (C=N–C) groups is 1.